The van der Waals surface area contributed by atoms with E-state index in [0.717, 1.165) is 24.3 Å². The number of rotatable bonds is 6. The van der Waals surface area contributed by atoms with Crippen molar-refractivity contribution in [3.8, 4) is 5.75 Å². The lowest BCUT2D eigenvalue weighted by Crippen LogP contribution is -2.22. The molecule has 0 spiro atoms. The van der Waals surface area contributed by atoms with Crippen molar-refractivity contribution in [2.45, 2.75) is 20.8 Å². The molecular weight excluding hydrogens is 326 g/mol. The summed E-state index contributed by atoms with van der Waals surface area (Å²) in [5, 5.41) is 3.41. The van der Waals surface area contributed by atoms with Crippen LogP contribution in [0.5, 0.6) is 5.75 Å². The second kappa shape index (κ2) is 8.02. The van der Waals surface area contributed by atoms with Crippen LogP contribution in [-0.4, -0.2) is 31.1 Å². The first-order valence-corrected chi connectivity index (χ1v) is 8.24. The molecule has 5 nitrogen and oxygen atoms in total. The summed E-state index contributed by atoms with van der Waals surface area (Å²) in [5.41, 5.74) is 2.77. The van der Waals surface area contributed by atoms with E-state index in [0.29, 0.717) is 22.2 Å². The predicted molar refractivity (Wildman–Crippen MR) is 98.5 cm³/mol. The molecule has 0 unspecified atom stereocenters. The number of benzene rings is 1. The number of anilines is 2. The van der Waals surface area contributed by atoms with Gasteiger partial charge >= 0.3 is 0 Å². The van der Waals surface area contributed by atoms with Gasteiger partial charge in [-0.3, -0.25) is 4.79 Å². The quantitative estimate of drug-likeness (QED) is 0.852. The smallest absolute Gasteiger partial charge is 0.274 e. The number of aromatic nitrogens is 1. The van der Waals surface area contributed by atoms with Crippen LogP contribution in [0.3, 0.4) is 0 Å². The van der Waals surface area contributed by atoms with Gasteiger partial charge in [0.2, 0.25) is 0 Å². The van der Waals surface area contributed by atoms with Crippen LogP contribution in [0.2, 0.25) is 5.02 Å². The maximum Gasteiger partial charge on any atom is 0.274 e. The molecule has 0 aliphatic carbocycles. The maximum atomic E-state index is 12.4. The first-order chi connectivity index (χ1) is 11.5. The minimum absolute atomic E-state index is 0.291. The average molecular weight is 348 g/mol. The topological polar surface area (TPSA) is 54.5 Å². The summed E-state index contributed by atoms with van der Waals surface area (Å²) < 4.78 is 5.27. The fourth-order valence-corrected chi connectivity index (χ4v) is 2.57. The first-order valence-electron chi connectivity index (χ1n) is 7.86. The molecule has 2 aromatic rings. The number of pyridine rings is 1. The molecule has 0 saturated carbocycles. The zero-order valence-electron chi connectivity index (χ0n) is 14.4. The van der Waals surface area contributed by atoms with Gasteiger partial charge in [0.25, 0.3) is 5.91 Å². The van der Waals surface area contributed by atoms with Gasteiger partial charge in [0, 0.05) is 24.2 Å². The Bertz CT molecular complexity index is 713. The lowest BCUT2D eigenvalue weighted by molar-refractivity contribution is 0.102. The number of carbonyl (C=O) groups excluding carboxylic acids is 1. The molecule has 128 valence electrons. The number of halogens is 1. The van der Waals surface area contributed by atoms with Gasteiger partial charge in [-0.2, -0.15) is 0 Å². The minimum atomic E-state index is -0.291. The highest BCUT2D eigenvalue weighted by atomic mass is 35.5. The highest BCUT2D eigenvalue weighted by Gasteiger charge is 2.13. The van der Waals surface area contributed by atoms with Crippen LogP contribution < -0.4 is 15.0 Å². The van der Waals surface area contributed by atoms with E-state index in [2.05, 4.69) is 29.0 Å². The fourth-order valence-electron chi connectivity index (χ4n) is 2.41. The van der Waals surface area contributed by atoms with Gasteiger partial charge in [0.15, 0.2) is 0 Å². The largest absolute Gasteiger partial charge is 0.495 e. The van der Waals surface area contributed by atoms with Crippen molar-refractivity contribution in [1.82, 2.24) is 4.98 Å². The van der Waals surface area contributed by atoms with E-state index in [1.54, 1.807) is 24.4 Å². The zero-order valence-corrected chi connectivity index (χ0v) is 15.1. The van der Waals surface area contributed by atoms with E-state index in [-0.39, 0.29) is 5.91 Å². The van der Waals surface area contributed by atoms with Crippen molar-refractivity contribution >= 4 is 28.9 Å². The molecule has 1 aromatic carbocycles. The van der Waals surface area contributed by atoms with E-state index < -0.39 is 0 Å². The number of amides is 1. The molecule has 1 amide bonds. The molecule has 0 saturated heterocycles. The van der Waals surface area contributed by atoms with Gasteiger partial charge < -0.3 is 15.0 Å². The van der Waals surface area contributed by atoms with Crippen LogP contribution in [-0.2, 0) is 0 Å². The van der Waals surface area contributed by atoms with Gasteiger partial charge in [-0.15, -0.1) is 0 Å². The van der Waals surface area contributed by atoms with Gasteiger partial charge in [-0.05, 0) is 44.5 Å². The van der Waals surface area contributed by atoms with Crippen LogP contribution >= 0.6 is 11.6 Å². The number of methoxy groups -OCH3 is 1. The Labute approximate surface area is 147 Å². The molecular formula is C18H22ClN3O2. The summed E-state index contributed by atoms with van der Waals surface area (Å²) >= 11 is 6.08. The summed E-state index contributed by atoms with van der Waals surface area (Å²) in [7, 11) is 1.54. The molecule has 24 heavy (non-hydrogen) atoms. The Kier molecular flexibility index (Phi) is 6.04. The molecule has 0 fully saturated rings. The van der Waals surface area contributed by atoms with E-state index in [1.165, 1.54) is 7.11 Å². The Morgan fingerprint density at radius 3 is 2.54 bits per heavy atom. The van der Waals surface area contributed by atoms with Crippen LogP contribution in [0, 0.1) is 6.92 Å². The average Bonchev–Trinajstić information content (AvgIpc) is 2.59. The van der Waals surface area contributed by atoms with Gasteiger partial charge in [0.1, 0.15) is 11.4 Å². The Morgan fingerprint density at radius 1 is 1.29 bits per heavy atom. The number of carbonyl (C=O) groups is 1. The van der Waals surface area contributed by atoms with Crippen LogP contribution in [0.4, 0.5) is 11.4 Å². The van der Waals surface area contributed by atoms with E-state index in [9.17, 15) is 4.79 Å². The molecule has 0 aliphatic heterocycles. The van der Waals surface area contributed by atoms with Crippen LogP contribution in [0.25, 0.3) is 0 Å². The highest BCUT2D eigenvalue weighted by Crippen LogP contribution is 2.31. The summed E-state index contributed by atoms with van der Waals surface area (Å²) in [6.07, 6.45) is 1.71. The third-order valence-electron chi connectivity index (χ3n) is 3.84. The second-order valence-electron chi connectivity index (χ2n) is 5.33. The molecule has 0 radical (unpaired) electrons. The SMILES string of the molecule is CCN(CC)c1ccc(C(=O)Nc2cc(C)c(Cl)cc2OC)nc1. The number of hydrogen-bond acceptors (Lipinski definition) is 4. The van der Waals surface area contributed by atoms with Crippen molar-refractivity contribution in [2.24, 2.45) is 0 Å². The molecule has 1 heterocycles. The molecule has 1 N–H and O–H groups in total. The van der Waals surface area contributed by atoms with E-state index in [1.807, 2.05) is 13.0 Å². The highest BCUT2D eigenvalue weighted by molar-refractivity contribution is 6.31. The third kappa shape index (κ3) is 3.97. The number of nitrogens with zero attached hydrogens (tertiary/aromatic N) is 2. The maximum absolute atomic E-state index is 12.4. The Hall–Kier alpha value is -2.27. The lowest BCUT2D eigenvalue weighted by Gasteiger charge is -2.20. The van der Waals surface area contributed by atoms with E-state index in [4.69, 9.17) is 16.3 Å². The minimum Gasteiger partial charge on any atom is -0.495 e. The summed E-state index contributed by atoms with van der Waals surface area (Å²) in [5.74, 6) is 0.222. The van der Waals surface area contributed by atoms with Crippen molar-refractivity contribution in [3.05, 3.63) is 46.7 Å². The monoisotopic (exact) mass is 347 g/mol. The Morgan fingerprint density at radius 2 is 2.00 bits per heavy atom. The molecule has 1 aromatic heterocycles. The van der Waals surface area contributed by atoms with Crippen molar-refractivity contribution in [2.75, 3.05) is 30.4 Å². The number of nitrogens with one attached hydrogen (secondary N) is 1. The van der Waals surface area contributed by atoms with E-state index >= 15 is 0 Å². The summed E-state index contributed by atoms with van der Waals surface area (Å²) in [6, 6.07) is 7.09. The summed E-state index contributed by atoms with van der Waals surface area (Å²) in [4.78, 5) is 18.9. The Balaban J connectivity index is 2.20. The summed E-state index contributed by atoms with van der Waals surface area (Å²) in [6.45, 7) is 7.82. The first kappa shape index (κ1) is 18.1. The molecule has 2 rings (SSSR count). The normalized spacial score (nSPS) is 10.4. The number of hydrogen-bond donors (Lipinski definition) is 1. The van der Waals surface area contributed by atoms with Crippen molar-refractivity contribution < 1.29 is 9.53 Å². The molecule has 0 bridgehead atoms. The fraction of sp³-hybridized carbons (Fsp3) is 0.333. The molecule has 0 atom stereocenters. The lowest BCUT2D eigenvalue weighted by atomic mass is 10.2. The van der Waals surface area contributed by atoms with Gasteiger partial charge in [-0.1, -0.05) is 11.6 Å². The molecule has 6 heteroatoms. The van der Waals surface area contributed by atoms with Crippen molar-refractivity contribution in [3.63, 3.8) is 0 Å². The zero-order chi connectivity index (χ0) is 17.7. The molecule has 0 aliphatic rings. The van der Waals surface area contributed by atoms with Crippen LogP contribution in [0.1, 0.15) is 29.9 Å². The second-order valence-corrected chi connectivity index (χ2v) is 5.74. The predicted octanol–water partition coefficient (Wildman–Crippen LogP) is 4.15. The number of ether oxygens (including phenoxy) is 1. The third-order valence-corrected chi connectivity index (χ3v) is 4.25. The van der Waals surface area contributed by atoms with Crippen LogP contribution in [0.15, 0.2) is 30.5 Å². The standard InChI is InChI=1S/C18H22ClN3O2/c1-5-22(6-2)13-7-8-15(20-11-13)18(23)21-16-9-12(3)14(19)10-17(16)24-4/h7-11H,5-6H2,1-4H3,(H,21,23). The van der Waals surface area contributed by atoms with Gasteiger partial charge in [-0.25, -0.2) is 4.98 Å². The van der Waals surface area contributed by atoms with Crippen molar-refractivity contribution in [1.29, 1.82) is 0 Å². The van der Waals surface area contributed by atoms with Gasteiger partial charge in [0.05, 0.1) is 24.7 Å². The number of aryl methyl sites for hydroxylation is 1.